The van der Waals surface area contributed by atoms with Gasteiger partial charge in [0, 0.05) is 42.4 Å². The molecule has 0 spiro atoms. The third-order valence-corrected chi connectivity index (χ3v) is 0. The van der Waals surface area contributed by atoms with E-state index in [4.69, 9.17) is 0 Å². The molecule has 0 saturated heterocycles. The van der Waals surface area contributed by atoms with Gasteiger partial charge in [0.25, 0.3) is 0 Å². The fourth-order valence-corrected chi connectivity index (χ4v) is 0. The summed E-state index contributed by atoms with van der Waals surface area (Å²) in [4.78, 5) is 2.00. The maximum Gasteiger partial charge on any atom is 0.00791 e. The summed E-state index contributed by atoms with van der Waals surface area (Å²) in [5.41, 5.74) is 0. The molecule has 0 unspecified atom stereocenters. The highest BCUT2D eigenvalue weighted by Gasteiger charge is 1.58. The van der Waals surface area contributed by atoms with Crippen LogP contribution in [0.3, 0.4) is 0 Å². The molecule has 0 aliphatic heterocycles. The van der Waals surface area contributed by atoms with Crippen molar-refractivity contribution in [3.63, 3.8) is 0 Å². The highest BCUT2D eigenvalue weighted by Crippen LogP contribution is 2.19. The van der Waals surface area contributed by atoms with Crippen LogP contribution in [-0.4, -0.2) is 31.5 Å². The van der Waals surface area contributed by atoms with Gasteiger partial charge in [0.05, 0.1) is 0 Å². The Balaban J connectivity index is -0.0000000575. The van der Waals surface area contributed by atoms with Crippen LogP contribution in [0.15, 0.2) is 0 Å². The molecule has 0 amide bonds. The summed E-state index contributed by atoms with van der Waals surface area (Å²) < 4.78 is 0. The molecule has 0 aromatic rings. The van der Waals surface area contributed by atoms with Crippen molar-refractivity contribution in [1.29, 1.82) is 0 Å². The third-order valence-electron chi connectivity index (χ3n) is 0. The Hall–Kier alpha value is 1.73. The lowest BCUT2D eigenvalue weighted by molar-refractivity contribution is 0.505. The van der Waals surface area contributed by atoms with E-state index in [9.17, 15) is 0 Å². The smallest absolute Gasteiger partial charge is 0.00791 e. The number of hydrogen-bond donors (Lipinski definition) is 0. The van der Waals surface area contributed by atoms with Gasteiger partial charge in [-0.05, 0) is 27.2 Å². The van der Waals surface area contributed by atoms with Crippen LogP contribution >= 0.6 is 48.5 Å². The summed E-state index contributed by atoms with van der Waals surface area (Å²) in [6, 6.07) is 0. The predicted octanol–water partition coefficient (Wildman–Crippen LogP) is 1.77. The van der Waals surface area contributed by atoms with E-state index in [2.05, 4.69) is 42.4 Å². The minimum Gasteiger partial charge on any atom is -0.412 e. The molecular weight excluding hydrogens is 352 g/mol. The van der Waals surface area contributed by atoms with Crippen LogP contribution in [0.2, 0.25) is 0 Å². The highest BCUT2D eigenvalue weighted by atomic mass is 127. The van der Waals surface area contributed by atoms with Crippen molar-refractivity contribution in [2.24, 2.45) is 0 Å². The predicted molar refractivity (Wildman–Crippen MR) is 58.9 cm³/mol. The van der Waals surface area contributed by atoms with Crippen molar-refractivity contribution in [2.75, 3.05) is 21.1 Å². The van der Waals surface area contributed by atoms with Gasteiger partial charge in [-0.25, -0.2) is 0 Å². The normalized spacial score (nSPS) is 6.75. The topological polar surface area (TPSA) is 34.7 Å². The summed E-state index contributed by atoms with van der Waals surface area (Å²) in [6.07, 6.45) is 1.69. The summed E-state index contributed by atoms with van der Waals surface area (Å²) in [7, 11) is 6.00. The lowest BCUT2D eigenvalue weighted by atomic mass is 11.0. The van der Waals surface area contributed by atoms with Gasteiger partial charge in [-0.3, -0.25) is 0 Å². The summed E-state index contributed by atoms with van der Waals surface area (Å²) in [5.74, 6) is 0. The summed E-state index contributed by atoms with van der Waals surface area (Å²) >= 11 is 4.38. The van der Waals surface area contributed by atoms with Crippen LogP contribution in [0.25, 0.3) is 0 Å². The molecule has 0 aromatic carbocycles. The fraction of sp³-hybridized carbons (Fsp3) is 1.00. The van der Waals surface area contributed by atoms with E-state index in [-0.39, 0.29) is 5.48 Å². The highest BCUT2D eigenvalue weighted by molar-refractivity contribution is 14.3. The van der Waals surface area contributed by atoms with Gasteiger partial charge >= 0.3 is 0 Å². The van der Waals surface area contributed by atoms with E-state index in [0.717, 1.165) is 0 Å². The minimum atomic E-state index is 0. The number of rotatable bonds is 0. The van der Waals surface area contributed by atoms with Crippen LogP contribution in [0.5, 0.6) is 0 Å². The lowest BCUT2D eigenvalue weighted by Crippen LogP contribution is -1.99. The Morgan fingerprint density at radius 2 is 1.12 bits per heavy atom. The maximum absolute atomic E-state index is 2.19. The second-order valence-corrected chi connectivity index (χ2v) is 9.22. The molecule has 0 fully saturated rings. The van der Waals surface area contributed by atoms with E-state index in [1.54, 1.807) is 6.10 Å². The molecule has 0 heterocycles. The second kappa shape index (κ2) is 15.9. The molecule has 54 valence electrons. The van der Waals surface area contributed by atoms with E-state index in [0.29, 0.717) is 0 Å². The molecule has 8 heavy (non-hydrogen) atoms. The molecular formula is C3H11I2NOS. The number of nitrogens with zero attached hydrogens (tertiary/aromatic N) is 1. The van der Waals surface area contributed by atoms with Crippen LogP contribution in [-0.2, 0) is 0 Å². The zero-order valence-corrected chi connectivity index (χ0v) is 10.2. The molecule has 5 heteroatoms. The average Bonchev–Trinajstić information content (AvgIpc) is 1.33. The van der Waals surface area contributed by atoms with Gasteiger partial charge in [-0.15, -0.1) is 0 Å². The summed E-state index contributed by atoms with van der Waals surface area (Å²) in [6.45, 7) is 0. The standard InChI is InChI=1S/C3H9N.I2S.H2O/c1-4(2)3;1-3-2;/h1-3H3;;1H2. The Bertz CT molecular complexity index is 28.5. The first kappa shape index (κ1) is 16.4. The molecule has 0 bridgehead atoms. The quantitative estimate of drug-likeness (QED) is 0.615. The largest absolute Gasteiger partial charge is 0.412 e. The number of hydrogen-bond acceptors (Lipinski definition) is 2. The molecule has 0 aliphatic carbocycles. The summed E-state index contributed by atoms with van der Waals surface area (Å²) in [5, 5.41) is 0. The van der Waals surface area contributed by atoms with Crippen molar-refractivity contribution in [1.82, 2.24) is 4.90 Å². The Morgan fingerprint density at radius 3 is 1.12 bits per heavy atom. The van der Waals surface area contributed by atoms with Gasteiger partial charge < -0.3 is 10.4 Å². The van der Waals surface area contributed by atoms with Crippen LogP contribution in [0.4, 0.5) is 0 Å². The Morgan fingerprint density at radius 1 is 1.12 bits per heavy atom. The van der Waals surface area contributed by atoms with Crippen molar-refractivity contribution in [2.45, 2.75) is 0 Å². The van der Waals surface area contributed by atoms with Crippen LogP contribution in [0.1, 0.15) is 0 Å². The van der Waals surface area contributed by atoms with Crippen LogP contribution in [0, 0.1) is 0 Å². The first-order valence-corrected chi connectivity index (χ1v) is 7.55. The van der Waals surface area contributed by atoms with Crippen molar-refractivity contribution in [3.05, 3.63) is 0 Å². The monoisotopic (exact) mass is 363 g/mol. The van der Waals surface area contributed by atoms with Gasteiger partial charge in [0.2, 0.25) is 0 Å². The van der Waals surface area contributed by atoms with Crippen LogP contribution < -0.4 is 0 Å². The molecule has 0 saturated carbocycles. The van der Waals surface area contributed by atoms with E-state index in [1.807, 2.05) is 26.0 Å². The van der Waals surface area contributed by atoms with E-state index in [1.165, 1.54) is 0 Å². The second-order valence-electron chi connectivity index (χ2n) is 1.40. The third kappa shape index (κ3) is 117. The molecule has 0 aromatic heterocycles. The van der Waals surface area contributed by atoms with Crippen molar-refractivity contribution >= 4 is 48.5 Å². The first-order chi connectivity index (χ1) is 3.15. The molecule has 2 N–H and O–H groups in total. The SMILES string of the molecule is CN(C)C.ISI.O. The zero-order valence-electron chi connectivity index (χ0n) is 5.11. The minimum absolute atomic E-state index is 0. The fourth-order valence-electron chi connectivity index (χ4n) is 0. The average molecular weight is 363 g/mol. The molecule has 0 aliphatic rings. The maximum atomic E-state index is 2.19. The van der Waals surface area contributed by atoms with Gasteiger partial charge in [0.15, 0.2) is 0 Å². The first-order valence-electron chi connectivity index (χ1n) is 1.65. The van der Waals surface area contributed by atoms with E-state index < -0.39 is 0 Å². The molecule has 0 rings (SSSR count). The lowest BCUT2D eigenvalue weighted by Gasteiger charge is -1.90. The van der Waals surface area contributed by atoms with E-state index >= 15 is 0 Å². The van der Waals surface area contributed by atoms with Gasteiger partial charge in [0.1, 0.15) is 0 Å². The molecule has 0 radical (unpaired) electrons. The van der Waals surface area contributed by atoms with Gasteiger partial charge in [-0.2, -0.15) is 0 Å². The Labute approximate surface area is 79.3 Å². The molecule has 0 atom stereocenters. The zero-order chi connectivity index (χ0) is 6.28. The molecule has 2 nitrogen and oxygen atoms in total. The van der Waals surface area contributed by atoms with Gasteiger partial charge in [-0.1, -0.05) is 0 Å². The Kier molecular flexibility index (Phi) is 32.5. The van der Waals surface area contributed by atoms with Crippen molar-refractivity contribution < 1.29 is 5.48 Å². The number of halogens is 2. The van der Waals surface area contributed by atoms with Crippen molar-refractivity contribution in [3.8, 4) is 0 Å².